The average molecular weight is 272 g/mol. The molecule has 0 aromatic heterocycles. The number of nitrogens with zero attached hydrogens (tertiary/aromatic N) is 1. The van der Waals surface area contributed by atoms with E-state index in [-0.39, 0.29) is 12.4 Å². The van der Waals surface area contributed by atoms with Crippen LogP contribution in [0, 0.1) is 11.3 Å². The van der Waals surface area contributed by atoms with Gasteiger partial charge in [-0.05, 0) is 42.5 Å². The number of carbonyl (C=O) groups excluding carboxylic acids is 1. The SMILES string of the molecule is N#Cc1cccc(OCC(=O)c2ccc(Cl)cc2)c1. The highest BCUT2D eigenvalue weighted by molar-refractivity contribution is 6.30. The first-order valence-electron chi connectivity index (χ1n) is 5.61. The van der Waals surface area contributed by atoms with Gasteiger partial charge >= 0.3 is 0 Å². The number of ether oxygens (including phenoxy) is 1. The van der Waals surface area contributed by atoms with Gasteiger partial charge in [0, 0.05) is 10.6 Å². The third-order valence-electron chi connectivity index (χ3n) is 2.50. The molecule has 0 saturated heterocycles. The standard InChI is InChI=1S/C15H10ClNO2/c16-13-6-4-12(5-7-13)15(18)10-19-14-3-1-2-11(8-14)9-17/h1-8H,10H2. The molecule has 0 aliphatic heterocycles. The lowest BCUT2D eigenvalue weighted by Gasteiger charge is -2.05. The van der Waals surface area contributed by atoms with Crippen LogP contribution < -0.4 is 4.74 Å². The minimum atomic E-state index is -0.140. The Morgan fingerprint density at radius 3 is 2.63 bits per heavy atom. The summed E-state index contributed by atoms with van der Waals surface area (Å²) in [5, 5.41) is 9.34. The highest BCUT2D eigenvalue weighted by Crippen LogP contribution is 2.14. The van der Waals surface area contributed by atoms with Crippen LogP contribution in [-0.4, -0.2) is 12.4 Å². The van der Waals surface area contributed by atoms with Crippen LogP contribution in [0.25, 0.3) is 0 Å². The van der Waals surface area contributed by atoms with Crippen LogP contribution in [0.2, 0.25) is 5.02 Å². The number of ketones is 1. The second kappa shape index (κ2) is 6.03. The zero-order valence-electron chi connectivity index (χ0n) is 9.97. The highest BCUT2D eigenvalue weighted by atomic mass is 35.5. The maximum absolute atomic E-state index is 11.9. The first kappa shape index (κ1) is 13.1. The quantitative estimate of drug-likeness (QED) is 0.800. The van der Waals surface area contributed by atoms with E-state index in [1.54, 1.807) is 48.5 Å². The number of hydrogen-bond donors (Lipinski definition) is 0. The minimum Gasteiger partial charge on any atom is -0.485 e. The molecule has 0 fully saturated rings. The summed E-state index contributed by atoms with van der Waals surface area (Å²) in [5.74, 6) is 0.361. The molecule has 3 nitrogen and oxygen atoms in total. The van der Waals surface area contributed by atoms with Crippen LogP contribution in [0.15, 0.2) is 48.5 Å². The summed E-state index contributed by atoms with van der Waals surface area (Å²) in [6.45, 7) is -0.0729. The maximum Gasteiger partial charge on any atom is 0.200 e. The second-order valence-electron chi connectivity index (χ2n) is 3.86. The van der Waals surface area contributed by atoms with Gasteiger partial charge < -0.3 is 4.74 Å². The summed E-state index contributed by atoms with van der Waals surface area (Å²) in [7, 11) is 0. The maximum atomic E-state index is 11.9. The highest BCUT2D eigenvalue weighted by Gasteiger charge is 2.06. The van der Waals surface area contributed by atoms with Gasteiger partial charge in [0.25, 0.3) is 0 Å². The van der Waals surface area contributed by atoms with Gasteiger partial charge in [0.15, 0.2) is 12.4 Å². The van der Waals surface area contributed by atoms with Crippen LogP contribution >= 0.6 is 11.6 Å². The molecule has 94 valence electrons. The Morgan fingerprint density at radius 2 is 1.95 bits per heavy atom. The molecule has 0 unspecified atom stereocenters. The van der Waals surface area contributed by atoms with Gasteiger partial charge in [0.2, 0.25) is 0 Å². The summed E-state index contributed by atoms with van der Waals surface area (Å²) < 4.78 is 5.36. The predicted molar refractivity (Wildman–Crippen MR) is 72.4 cm³/mol. The fourth-order valence-electron chi connectivity index (χ4n) is 1.52. The number of carbonyl (C=O) groups is 1. The van der Waals surface area contributed by atoms with E-state index in [2.05, 4.69) is 0 Å². The van der Waals surface area contributed by atoms with E-state index in [1.165, 1.54) is 0 Å². The molecule has 0 radical (unpaired) electrons. The topological polar surface area (TPSA) is 50.1 Å². The van der Waals surface area contributed by atoms with Gasteiger partial charge in [0.1, 0.15) is 5.75 Å². The van der Waals surface area contributed by atoms with E-state index in [1.807, 2.05) is 6.07 Å². The molecule has 0 spiro atoms. The van der Waals surface area contributed by atoms with Crippen LogP contribution in [0.5, 0.6) is 5.75 Å². The van der Waals surface area contributed by atoms with Crippen molar-refractivity contribution in [2.24, 2.45) is 0 Å². The van der Waals surface area contributed by atoms with Crippen LogP contribution in [0.3, 0.4) is 0 Å². The number of halogens is 1. The van der Waals surface area contributed by atoms with Crippen molar-refractivity contribution < 1.29 is 9.53 Å². The van der Waals surface area contributed by atoms with Crippen molar-refractivity contribution in [1.82, 2.24) is 0 Å². The number of benzene rings is 2. The fourth-order valence-corrected chi connectivity index (χ4v) is 1.65. The van der Waals surface area contributed by atoms with Crippen molar-refractivity contribution in [1.29, 1.82) is 5.26 Å². The van der Waals surface area contributed by atoms with Gasteiger partial charge in [-0.25, -0.2) is 0 Å². The molecule has 0 atom stereocenters. The zero-order valence-corrected chi connectivity index (χ0v) is 10.7. The molecule has 2 aromatic rings. The molecule has 19 heavy (non-hydrogen) atoms. The van der Waals surface area contributed by atoms with Crippen LogP contribution in [0.4, 0.5) is 0 Å². The Hall–Kier alpha value is -2.31. The third kappa shape index (κ3) is 3.57. The van der Waals surface area contributed by atoms with Crippen molar-refractivity contribution >= 4 is 17.4 Å². The number of nitriles is 1. The van der Waals surface area contributed by atoms with E-state index in [0.717, 1.165) is 0 Å². The lowest BCUT2D eigenvalue weighted by atomic mass is 10.1. The van der Waals surface area contributed by atoms with Crippen LogP contribution in [-0.2, 0) is 0 Å². The number of rotatable bonds is 4. The molecular formula is C15H10ClNO2. The largest absolute Gasteiger partial charge is 0.485 e. The third-order valence-corrected chi connectivity index (χ3v) is 2.75. The number of Topliss-reactive ketones (excluding diaryl/α,β-unsaturated/α-hetero) is 1. The first-order valence-corrected chi connectivity index (χ1v) is 5.98. The van der Waals surface area contributed by atoms with Crippen molar-refractivity contribution in [2.75, 3.05) is 6.61 Å². The average Bonchev–Trinajstić information content (AvgIpc) is 2.46. The normalized spacial score (nSPS) is 9.68. The van der Waals surface area contributed by atoms with Crippen molar-refractivity contribution in [3.8, 4) is 11.8 Å². The lowest BCUT2D eigenvalue weighted by molar-refractivity contribution is 0.0921. The van der Waals surface area contributed by atoms with Gasteiger partial charge in [-0.2, -0.15) is 5.26 Å². The molecule has 0 saturated carbocycles. The van der Waals surface area contributed by atoms with Crippen molar-refractivity contribution in [3.63, 3.8) is 0 Å². The zero-order chi connectivity index (χ0) is 13.7. The van der Waals surface area contributed by atoms with Crippen molar-refractivity contribution in [2.45, 2.75) is 0 Å². The van der Waals surface area contributed by atoms with E-state index < -0.39 is 0 Å². The van der Waals surface area contributed by atoms with Gasteiger partial charge in [0.05, 0.1) is 11.6 Å². The molecule has 0 N–H and O–H groups in total. The first-order chi connectivity index (χ1) is 9.19. The lowest BCUT2D eigenvalue weighted by Crippen LogP contribution is -2.11. The van der Waals surface area contributed by atoms with Crippen LogP contribution in [0.1, 0.15) is 15.9 Å². The molecular weight excluding hydrogens is 262 g/mol. The Kier molecular flexibility index (Phi) is 4.17. The molecule has 0 amide bonds. The summed E-state index contributed by atoms with van der Waals surface area (Å²) in [6.07, 6.45) is 0. The summed E-state index contributed by atoms with van der Waals surface area (Å²) in [4.78, 5) is 11.9. The molecule has 2 rings (SSSR count). The second-order valence-corrected chi connectivity index (χ2v) is 4.29. The van der Waals surface area contributed by atoms with E-state index >= 15 is 0 Å². The summed E-state index contributed by atoms with van der Waals surface area (Å²) in [6, 6.07) is 15.3. The molecule has 0 aliphatic carbocycles. The molecule has 0 bridgehead atoms. The fraction of sp³-hybridized carbons (Fsp3) is 0.0667. The molecule has 0 heterocycles. The predicted octanol–water partition coefficient (Wildman–Crippen LogP) is 3.47. The smallest absolute Gasteiger partial charge is 0.200 e. The Labute approximate surface area is 116 Å². The van der Waals surface area contributed by atoms with E-state index in [0.29, 0.717) is 21.9 Å². The van der Waals surface area contributed by atoms with Crippen molar-refractivity contribution in [3.05, 3.63) is 64.7 Å². The molecule has 0 aliphatic rings. The van der Waals surface area contributed by atoms with Gasteiger partial charge in [-0.3, -0.25) is 4.79 Å². The molecule has 2 aromatic carbocycles. The Bertz CT molecular complexity index is 629. The Balaban J connectivity index is 2.00. The Morgan fingerprint density at radius 1 is 1.21 bits per heavy atom. The monoisotopic (exact) mass is 271 g/mol. The number of hydrogen-bond acceptors (Lipinski definition) is 3. The summed E-state index contributed by atoms with van der Waals surface area (Å²) >= 11 is 5.75. The summed E-state index contributed by atoms with van der Waals surface area (Å²) in [5.41, 5.74) is 1.04. The van der Waals surface area contributed by atoms with E-state index in [4.69, 9.17) is 21.6 Å². The van der Waals surface area contributed by atoms with Gasteiger partial charge in [-0.15, -0.1) is 0 Å². The minimum absolute atomic E-state index is 0.0729. The molecule has 4 heteroatoms. The van der Waals surface area contributed by atoms with E-state index in [9.17, 15) is 4.79 Å². The van der Waals surface area contributed by atoms with Gasteiger partial charge in [-0.1, -0.05) is 17.7 Å².